The lowest BCUT2D eigenvalue weighted by molar-refractivity contribution is 0.102. The number of anilines is 2. The molecule has 0 saturated carbocycles. The number of carbonyl (C=O) groups is 1. The molecule has 30 heavy (non-hydrogen) atoms. The van der Waals surface area contributed by atoms with Crippen LogP contribution in [-0.4, -0.2) is 20.6 Å². The molecule has 0 radical (unpaired) electrons. The summed E-state index contributed by atoms with van der Waals surface area (Å²) in [5.74, 6) is -0.254. The molecule has 7 heteroatoms. The second-order valence-corrected chi connectivity index (χ2v) is 9.44. The Morgan fingerprint density at radius 2 is 1.53 bits per heavy atom. The van der Waals surface area contributed by atoms with Gasteiger partial charge in [0.25, 0.3) is 5.91 Å². The van der Waals surface area contributed by atoms with Crippen LogP contribution in [0.4, 0.5) is 11.4 Å². The molecule has 0 unspecified atom stereocenters. The van der Waals surface area contributed by atoms with Gasteiger partial charge < -0.3 is 5.32 Å². The summed E-state index contributed by atoms with van der Waals surface area (Å²) < 4.78 is 26.0. The van der Waals surface area contributed by atoms with Gasteiger partial charge in [-0.1, -0.05) is 48.0 Å². The van der Waals surface area contributed by atoms with Crippen molar-refractivity contribution in [2.45, 2.75) is 20.4 Å². The molecule has 3 aromatic rings. The van der Waals surface area contributed by atoms with E-state index >= 15 is 0 Å². The molecule has 0 aliphatic heterocycles. The van der Waals surface area contributed by atoms with Gasteiger partial charge in [-0.25, -0.2) is 8.42 Å². The van der Waals surface area contributed by atoms with Crippen molar-refractivity contribution in [3.05, 3.63) is 94.0 Å². The zero-order valence-electron chi connectivity index (χ0n) is 17.0. The average molecular weight is 443 g/mol. The van der Waals surface area contributed by atoms with Crippen LogP contribution in [0, 0.1) is 13.8 Å². The topological polar surface area (TPSA) is 66.5 Å². The van der Waals surface area contributed by atoms with Gasteiger partial charge in [0.1, 0.15) is 0 Å². The number of hydrogen-bond donors (Lipinski definition) is 1. The molecule has 3 rings (SSSR count). The minimum Gasteiger partial charge on any atom is -0.322 e. The van der Waals surface area contributed by atoms with Gasteiger partial charge in [-0.3, -0.25) is 9.10 Å². The van der Waals surface area contributed by atoms with Gasteiger partial charge in [-0.15, -0.1) is 0 Å². The molecule has 156 valence electrons. The van der Waals surface area contributed by atoms with Crippen molar-refractivity contribution in [2.24, 2.45) is 0 Å². The van der Waals surface area contributed by atoms with E-state index in [0.717, 1.165) is 23.1 Å². The normalized spacial score (nSPS) is 11.2. The first kappa shape index (κ1) is 21.9. The molecule has 0 atom stereocenters. The number of hydrogen-bond acceptors (Lipinski definition) is 3. The molecule has 5 nitrogen and oxygen atoms in total. The summed E-state index contributed by atoms with van der Waals surface area (Å²) in [5.41, 5.74) is 4.32. The maximum absolute atomic E-state index is 12.7. The maximum Gasteiger partial charge on any atom is 0.255 e. The lowest BCUT2D eigenvalue weighted by atomic mass is 10.1. The third-order valence-electron chi connectivity index (χ3n) is 4.81. The number of nitrogens with one attached hydrogen (secondary N) is 1. The van der Waals surface area contributed by atoms with E-state index in [2.05, 4.69) is 5.32 Å². The molecule has 0 bridgehead atoms. The van der Waals surface area contributed by atoms with Gasteiger partial charge in [-0.05, 0) is 60.9 Å². The largest absolute Gasteiger partial charge is 0.322 e. The standard InChI is InChI=1S/C23H23ClN2O3S/c1-16-7-6-8-17(2)22(16)25-23(27)18-11-13-20(14-12-18)26(30(3,28)29)15-19-9-4-5-10-21(19)24/h4-14H,15H2,1-3H3,(H,25,27). The van der Waals surface area contributed by atoms with Gasteiger partial charge >= 0.3 is 0 Å². The fourth-order valence-electron chi connectivity index (χ4n) is 3.16. The van der Waals surface area contributed by atoms with Crippen LogP contribution in [0.3, 0.4) is 0 Å². The second kappa shape index (κ2) is 8.90. The molecule has 1 N–H and O–H groups in total. The predicted molar refractivity (Wildman–Crippen MR) is 123 cm³/mol. The fraction of sp³-hybridized carbons (Fsp3) is 0.174. The summed E-state index contributed by atoms with van der Waals surface area (Å²) in [5, 5.41) is 3.43. The summed E-state index contributed by atoms with van der Waals surface area (Å²) in [6.45, 7) is 3.97. The van der Waals surface area contributed by atoms with Crippen molar-refractivity contribution in [1.29, 1.82) is 0 Å². The Bertz CT molecular complexity index is 1160. The molecule has 0 saturated heterocycles. The molecule has 1 amide bonds. The second-order valence-electron chi connectivity index (χ2n) is 7.13. The SMILES string of the molecule is Cc1cccc(C)c1NC(=O)c1ccc(N(Cc2ccccc2Cl)S(C)(=O)=O)cc1. The summed E-state index contributed by atoms with van der Waals surface area (Å²) >= 11 is 6.20. The van der Waals surface area contributed by atoms with E-state index < -0.39 is 10.0 Å². The molecule has 3 aromatic carbocycles. The quantitative estimate of drug-likeness (QED) is 0.572. The minimum atomic E-state index is -3.55. The monoisotopic (exact) mass is 442 g/mol. The van der Waals surface area contributed by atoms with Crippen molar-refractivity contribution in [3.8, 4) is 0 Å². The van der Waals surface area contributed by atoms with E-state index in [-0.39, 0.29) is 12.5 Å². The van der Waals surface area contributed by atoms with Crippen molar-refractivity contribution >= 4 is 38.9 Å². The Hall–Kier alpha value is -2.83. The average Bonchev–Trinajstić information content (AvgIpc) is 2.69. The Morgan fingerprint density at radius 3 is 2.10 bits per heavy atom. The highest BCUT2D eigenvalue weighted by molar-refractivity contribution is 7.92. The highest BCUT2D eigenvalue weighted by atomic mass is 35.5. The number of sulfonamides is 1. The van der Waals surface area contributed by atoms with Gasteiger partial charge in [0.15, 0.2) is 0 Å². The van der Waals surface area contributed by atoms with Crippen LogP contribution in [0.5, 0.6) is 0 Å². The highest BCUT2D eigenvalue weighted by Crippen LogP contribution is 2.25. The molecule has 0 aliphatic carbocycles. The zero-order valence-corrected chi connectivity index (χ0v) is 18.6. The fourth-order valence-corrected chi connectivity index (χ4v) is 4.23. The van der Waals surface area contributed by atoms with Gasteiger partial charge in [0.2, 0.25) is 10.0 Å². The van der Waals surface area contributed by atoms with Crippen LogP contribution < -0.4 is 9.62 Å². The predicted octanol–water partition coefficient (Wildman–Crippen LogP) is 5.18. The van der Waals surface area contributed by atoms with Crippen LogP contribution in [0.1, 0.15) is 27.0 Å². The van der Waals surface area contributed by atoms with E-state index in [4.69, 9.17) is 11.6 Å². The van der Waals surface area contributed by atoms with Crippen molar-refractivity contribution in [1.82, 2.24) is 0 Å². The Morgan fingerprint density at radius 1 is 0.933 bits per heavy atom. The number of benzene rings is 3. The van der Waals surface area contributed by atoms with E-state index in [1.807, 2.05) is 38.1 Å². The molecule has 0 aromatic heterocycles. The molecule has 0 aliphatic rings. The first-order valence-corrected chi connectivity index (χ1v) is 11.6. The highest BCUT2D eigenvalue weighted by Gasteiger charge is 2.19. The Balaban J connectivity index is 1.85. The van der Waals surface area contributed by atoms with E-state index in [9.17, 15) is 13.2 Å². The molecule has 0 fully saturated rings. The van der Waals surface area contributed by atoms with Crippen LogP contribution in [-0.2, 0) is 16.6 Å². The number of carbonyl (C=O) groups excluding carboxylic acids is 1. The Labute approximate surface area is 182 Å². The van der Waals surface area contributed by atoms with Gasteiger partial charge in [0, 0.05) is 16.3 Å². The third kappa shape index (κ3) is 5.01. The van der Waals surface area contributed by atoms with Crippen molar-refractivity contribution < 1.29 is 13.2 Å². The van der Waals surface area contributed by atoms with Gasteiger partial charge in [0.05, 0.1) is 18.5 Å². The minimum absolute atomic E-state index is 0.104. The first-order chi connectivity index (χ1) is 14.2. The number of rotatable bonds is 6. The summed E-state index contributed by atoms with van der Waals surface area (Å²) in [6, 6.07) is 19.4. The van der Waals surface area contributed by atoms with E-state index in [1.165, 1.54) is 4.31 Å². The first-order valence-electron chi connectivity index (χ1n) is 9.35. The third-order valence-corrected chi connectivity index (χ3v) is 6.32. The van der Waals surface area contributed by atoms with Crippen molar-refractivity contribution in [3.63, 3.8) is 0 Å². The lowest BCUT2D eigenvalue weighted by Gasteiger charge is -2.23. The zero-order chi connectivity index (χ0) is 21.9. The molecule has 0 heterocycles. The smallest absolute Gasteiger partial charge is 0.255 e. The van der Waals surface area contributed by atoms with Crippen LogP contribution in [0.15, 0.2) is 66.7 Å². The van der Waals surface area contributed by atoms with E-state index in [0.29, 0.717) is 21.8 Å². The molecule has 0 spiro atoms. The van der Waals surface area contributed by atoms with Crippen LogP contribution in [0.2, 0.25) is 5.02 Å². The summed E-state index contributed by atoms with van der Waals surface area (Å²) in [4.78, 5) is 12.7. The van der Waals surface area contributed by atoms with E-state index in [1.54, 1.807) is 42.5 Å². The number of nitrogens with zero attached hydrogens (tertiary/aromatic N) is 1. The van der Waals surface area contributed by atoms with Crippen molar-refractivity contribution in [2.75, 3.05) is 15.9 Å². The summed E-state index contributed by atoms with van der Waals surface area (Å²) in [7, 11) is -3.55. The number of aryl methyl sites for hydroxylation is 2. The number of para-hydroxylation sites is 1. The van der Waals surface area contributed by atoms with Crippen LogP contribution in [0.25, 0.3) is 0 Å². The van der Waals surface area contributed by atoms with Gasteiger partial charge in [-0.2, -0.15) is 0 Å². The Kier molecular flexibility index (Phi) is 6.48. The summed E-state index contributed by atoms with van der Waals surface area (Å²) in [6.07, 6.45) is 1.14. The van der Waals surface area contributed by atoms with Crippen LogP contribution >= 0.6 is 11.6 Å². The number of amides is 1. The number of halogens is 1. The lowest BCUT2D eigenvalue weighted by Crippen LogP contribution is -2.29. The molecular formula is C23H23ClN2O3S. The molecular weight excluding hydrogens is 420 g/mol. The maximum atomic E-state index is 12.7.